The summed E-state index contributed by atoms with van der Waals surface area (Å²) in [5.74, 6) is -0.561. The van der Waals surface area contributed by atoms with Crippen molar-refractivity contribution in [3.8, 4) is 0 Å². The highest BCUT2D eigenvalue weighted by molar-refractivity contribution is 7.89. The number of sulfonamides is 1. The lowest BCUT2D eigenvalue weighted by Gasteiger charge is -2.31. The number of aryl methyl sites for hydroxylation is 1. The van der Waals surface area contributed by atoms with Gasteiger partial charge in [-0.15, -0.1) is 0 Å². The van der Waals surface area contributed by atoms with Crippen molar-refractivity contribution in [2.45, 2.75) is 31.1 Å². The zero-order chi connectivity index (χ0) is 21.7. The summed E-state index contributed by atoms with van der Waals surface area (Å²) in [6, 6.07) is 8.93. The fourth-order valence-electron chi connectivity index (χ4n) is 3.43. The third kappa shape index (κ3) is 5.54. The second-order valence-electron chi connectivity index (χ2n) is 7.43. The van der Waals surface area contributed by atoms with Crippen LogP contribution in [0.1, 0.15) is 24.8 Å². The number of rotatable bonds is 6. The van der Waals surface area contributed by atoms with Crippen molar-refractivity contribution in [2.75, 3.05) is 25.0 Å². The third-order valence-corrected chi connectivity index (χ3v) is 7.21. The molecule has 9 heteroatoms. The van der Waals surface area contributed by atoms with Crippen LogP contribution in [-0.2, 0) is 10.0 Å². The fourth-order valence-corrected chi connectivity index (χ4v) is 4.90. The fraction of sp³-hybridized carbons (Fsp3) is 0.381. The second-order valence-corrected chi connectivity index (χ2v) is 9.37. The van der Waals surface area contributed by atoms with Crippen LogP contribution >= 0.6 is 0 Å². The topological polar surface area (TPSA) is 78.5 Å². The Morgan fingerprint density at radius 3 is 2.40 bits per heavy atom. The first kappa shape index (κ1) is 22.2. The molecular formula is C21H25F2N3O3S. The van der Waals surface area contributed by atoms with Crippen LogP contribution in [0.2, 0.25) is 0 Å². The average Bonchev–Trinajstić information content (AvgIpc) is 2.71. The molecule has 1 aliphatic rings. The molecule has 2 amide bonds. The van der Waals surface area contributed by atoms with E-state index in [4.69, 9.17) is 0 Å². The number of urea groups is 1. The first-order valence-electron chi connectivity index (χ1n) is 9.82. The molecule has 0 atom stereocenters. The number of carbonyl (C=O) groups is 1. The SMILES string of the molecule is Cc1ccc(NC(=O)NCCC2CCN(S(=O)(=O)c3ccc(F)cc3)CC2)cc1F. The normalized spacial score (nSPS) is 15.7. The van der Waals surface area contributed by atoms with E-state index in [-0.39, 0.29) is 10.7 Å². The molecule has 2 aromatic rings. The zero-order valence-electron chi connectivity index (χ0n) is 16.7. The molecule has 3 rings (SSSR count). The summed E-state index contributed by atoms with van der Waals surface area (Å²) in [4.78, 5) is 12.0. The van der Waals surface area contributed by atoms with E-state index in [2.05, 4.69) is 10.6 Å². The van der Waals surface area contributed by atoms with Crippen LogP contribution in [-0.4, -0.2) is 38.4 Å². The van der Waals surface area contributed by atoms with Crippen molar-refractivity contribution in [3.63, 3.8) is 0 Å². The van der Waals surface area contributed by atoms with Crippen molar-refractivity contribution in [3.05, 3.63) is 59.7 Å². The van der Waals surface area contributed by atoms with Gasteiger partial charge in [0.15, 0.2) is 0 Å². The summed E-state index contributed by atoms with van der Waals surface area (Å²) < 4.78 is 53.3. The number of piperidine rings is 1. The first-order chi connectivity index (χ1) is 14.3. The van der Waals surface area contributed by atoms with Crippen LogP contribution < -0.4 is 10.6 Å². The number of nitrogens with one attached hydrogen (secondary N) is 2. The summed E-state index contributed by atoms with van der Waals surface area (Å²) in [6.45, 7) is 2.86. The minimum atomic E-state index is -3.62. The minimum absolute atomic E-state index is 0.0910. The Hall–Kier alpha value is -2.52. The molecule has 0 saturated carbocycles. The smallest absolute Gasteiger partial charge is 0.319 e. The molecule has 0 radical (unpaired) electrons. The van der Waals surface area contributed by atoms with Gasteiger partial charge < -0.3 is 10.6 Å². The molecule has 0 aliphatic carbocycles. The molecule has 1 heterocycles. The van der Waals surface area contributed by atoms with E-state index < -0.39 is 21.9 Å². The molecule has 0 unspecified atom stereocenters. The first-order valence-corrected chi connectivity index (χ1v) is 11.3. The molecule has 162 valence electrons. The Kier molecular flexibility index (Phi) is 7.04. The molecule has 2 N–H and O–H groups in total. The lowest BCUT2D eigenvalue weighted by atomic mass is 9.95. The number of benzene rings is 2. The Morgan fingerprint density at radius 2 is 1.77 bits per heavy atom. The monoisotopic (exact) mass is 437 g/mol. The van der Waals surface area contributed by atoms with Gasteiger partial charge in [-0.3, -0.25) is 0 Å². The average molecular weight is 438 g/mol. The predicted molar refractivity (Wildman–Crippen MR) is 111 cm³/mol. The van der Waals surface area contributed by atoms with Gasteiger partial charge in [-0.2, -0.15) is 4.31 Å². The summed E-state index contributed by atoms with van der Waals surface area (Å²) in [6.07, 6.45) is 2.10. The van der Waals surface area contributed by atoms with Crippen LogP contribution in [0, 0.1) is 24.5 Å². The van der Waals surface area contributed by atoms with Crippen molar-refractivity contribution < 1.29 is 22.0 Å². The van der Waals surface area contributed by atoms with Gasteiger partial charge in [0.25, 0.3) is 0 Å². The Morgan fingerprint density at radius 1 is 1.10 bits per heavy atom. The molecule has 1 aliphatic heterocycles. The maximum atomic E-state index is 13.5. The van der Waals surface area contributed by atoms with E-state index in [9.17, 15) is 22.0 Å². The number of halogens is 2. The van der Waals surface area contributed by atoms with Crippen LogP contribution in [0.5, 0.6) is 0 Å². The van der Waals surface area contributed by atoms with Gasteiger partial charge in [0, 0.05) is 25.3 Å². The lowest BCUT2D eigenvalue weighted by Crippen LogP contribution is -2.39. The van der Waals surface area contributed by atoms with Crippen LogP contribution in [0.4, 0.5) is 19.3 Å². The molecule has 1 fully saturated rings. The molecule has 0 aromatic heterocycles. The molecular weight excluding hydrogens is 412 g/mol. The molecule has 2 aromatic carbocycles. The number of hydrogen-bond donors (Lipinski definition) is 2. The summed E-state index contributed by atoms with van der Waals surface area (Å²) in [5, 5.41) is 5.34. The molecule has 0 bridgehead atoms. The van der Waals surface area contributed by atoms with Crippen molar-refractivity contribution in [1.82, 2.24) is 9.62 Å². The maximum Gasteiger partial charge on any atom is 0.319 e. The van der Waals surface area contributed by atoms with Crippen LogP contribution in [0.3, 0.4) is 0 Å². The molecule has 30 heavy (non-hydrogen) atoms. The van der Waals surface area contributed by atoms with Gasteiger partial charge in [-0.05, 0) is 74.1 Å². The second kappa shape index (κ2) is 9.53. The van der Waals surface area contributed by atoms with Gasteiger partial charge in [0.1, 0.15) is 11.6 Å². The largest absolute Gasteiger partial charge is 0.338 e. The molecule has 0 spiro atoms. The van der Waals surface area contributed by atoms with Crippen molar-refractivity contribution in [2.24, 2.45) is 5.92 Å². The van der Waals surface area contributed by atoms with Crippen LogP contribution in [0.25, 0.3) is 0 Å². The Labute approximate surface area is 175 Å². The predicted octanol–water partition coefficient (Wildman–Crippen LogP) is 3.89. The lowest BCUT2D eigenvalue weighted by molar-refractivity contribution is 0.245. The van der Waals surface area contributed by atoms with Crippen LogP contribution in [0.15, 0.2) is 47.4 Å². The van der Waals surface area contributed by atoms with E-state index >= 15 is 0 Å². The van der Waals surface area contributed by atoms with E-state index in [1.165, 1.54) is 22.5 Å². The quantitative estimate of drug-likeness (QED) is 0.720. The van der Waals surface area contributed by atoms with Gasteiger partial charge in [-0.1, -0.05) is 6.07 Å². The highest BCUT2D eigenvalue weighted by Crippen LogP contribution is 2.25. The summed E-state index contributed by atoms with van der Waals surface area (Å²) >= 11 is 0. The number of hydrogen-bond acceptors (Lipinski definition) is 3. The van der Waals surface area contributed by atoms with Gasteiger partial charge in [-0.25, -0.2) is 22.0 Å². The Bertz CT molecular complexity index is 989. The number of nitrogens with zero attached hydrogens (tertiary/aromatic N) is 1. The standard InChI is InChI=1S/C21H25F2N3O3S/c1-15-2-5-18(14-20(15)23)25-21(27)24-11-8-16-9-12-26(13-10-16)30(28,29)19-6-3-17(22)4-7-19/h2-7,14,16H,8-13H2,1H3,(H2,24,25,27). The van der Waals surface area contributed by atoms with Gasteiger partial charge in [0.05, 0.1) is 4.90 Å². The van der Waals surface area contributed by atoms with E-state index in [1.54, 1.807) is 19.1 Å². The zero-order valence-corrected chi connectivity index (χ0v) is 17.5. The number of anilines is 1. The van der Waals surface area contributed by atoms with Gasteiger partial charge >= 0.3 is 6.03 Å². The minimum Gasteiger partial charge on any atom is -0.338 e. The number of carbonyl (C=O) groups excluding carboxylic acids is 1. The number of amides is 2. The van der Waals surface area contributed by atoms with E-state index in [1.807, 2.05) is 0 Å². The maximum absolute atomic E-state index is 13.5. The van der Waals surface area contributed by atoms with E-state index in [0.717, 1.165) is 18.6 Å². The molecule has 6 nitrogen and oxygen atoms in total. The third-order valence-electron chi connectivity index (χ3n) is 5.29. The van der Waals surface area contributed by atoms with E-state index in [0.29, 0.717) is 49.6 Å². The summed E-state index contributed by atoms with van der Waals surface area (Å²) in [7, 11) is -3.62. The Balaban J connectivity index is 1.42. The summed E-state index contributed by atoms with van der Waals surface area (Å²) in [5.41, 5.74) is 0.892. The highest BCUT2D eigenvalue weighted by Gasteiger charge is 2.29. The van der Waals surface area contributed by atoms with Gasteiger partial charge in [0.2, 0.25) is 10.0 Å². The van der Waals surface area contributed by atoms with Crippen molar-refractivity contribution >= 4 is 21.7 Å². The van der Waals surface area contributed by atoms with Crippen molar-refractivity contribution in [1.29, 1.82) is 0 Å². The highest BCUT2D eigenvalue weighted by atomic mass is 32.2. The molecule has 1 saturated heterocycles.